The van der Waals surface area contributed by atoms with Crippen LogP contribution in [0.3, 0.4) is 0 Å². The van der Waals surface area contributed by atoms with E-state index in [1.54, 1.807) is 0 Å². The summed E-state index contributed by atoms with van der Waals surface area (Å²) in [6.45, 7) is 4.37. The average Bonchev–Trinajstić information content (AvgIpc) is 2.61. The predicted molar refractivity (Wildman–Crippen MR) is 108 cm³/mol. The maximum Gasteiger partial charge on any atom is 1.00 e. The van der Waals surface area contributed by atoms with Crippen LogP contribution in [0.25, 0.3) is 10.8 Å². The van der Waals surface area contributed by atoms with Crippen LogP contribution in [-0.4, -0.2) is 13.0 Å². The summed E-state index contributed by atoms with van der Waals surface area (Å²) in [5.74, 6) is 0. The first-order chi connectivity index (χ1) is 12.5. The smallest absolute Gasteiger partial charge is 0.744 e. The van der Waals surface area contributed by atoms with Crippen molar-refractivity contribution in [2.75, 3.05) is 0 Å². The van der Waals surface area contributed by atoms with Gasteiger partial charge < -0.3 is 4.55 Å². The second-order valence-electron chi connectivity index (χ2n) is 7.18. The fourth-order valence-electron chi connectivity index (χ4n) is 3.52. The van der Waals surface area contributed by atoms with Crippen molar-refractivity contribution in [1.82, 2.24) is 0 Å². The number of aryl methyl sites for hydroxylation is 2. The van der Waals surface area contributed by atoms with Crippen molar-refractivity contribution < 1.29 is 64.4 Å². The molecule has 0 atom stereocenters. The van der Waals surface area contributed by atoms with Gasteiger partial charge in [0, 0.05) is 0 Å². The Morgan fingerprint density at radius 2 is 1.41 bits per heavy atom. The fourth-order valence-corrected chi connectivity index (χ4v) is 4.19. The van der Waals surface area contributed by atoms with Gasteiger partial charge in [-0.25, -0.2) is 8.42 Å². The minimum atomic E-state index is -4.47. The summed E-state index contributed by atoms with van der Waals surface area (Å²) in [7, 11) is -4.47. The number of benzene rings is 2. The normalized spacial score (nSPS) is 11.5. The molecular weight excluding hydrogens is 383 g/mol. The van der Waals surface area contributed by atoms with E-state index in [1.807, 2.05) is 18.2 Å². The number of hydrogen-bond acceptors (Lipinski definition) is 3. The first-order valence-electron chi connectivity index (χ1n) is 9.97. The van der Waals surface area contributed by atoms with Gasteiger partial charge in [-0.3, -0.25) is 0 Å². The molecule has 0 aliphatic carbocycles. The second-order valence-corrected chi connectivity index (χ2v) is 8.53. The zero-order chi connectivity index (χ0) is 19.0. The minimum Gasteiger partial charge on any atom is -0.744 e. The predicted octanol–water partition coefficient (Wildman–Crippen LogP) is 2.99. The Kier molecular flexibility index (Phi) is 11.9. The summed E-state index contributed by atoms with van der Waals surface area (Å²) in [4.78, 5) is -0.0831. The van der Waals surface area contributed by atoms with E-state index in [1.165, 1.54) is 44.6 Å². The van der Waals surface area contributed by atoms with Crippen molar-refractivity contribution in [1.29, 1.82) is 0 Å². The van der Waals surface area contributed by atoms with Crippen molar-refractivity contribution in [3.05, 3.63) is 41.5 Å². The number of fused-ring (bicyclic) bond motifs is 1. The second kappa shape index (κ2) is 12.7. The molecule has 0 unspecified atom stereocenters. The first kappa shape index (κ1) is 25.3. The van der Waals surface area contributed by atoms with Crippen LogP contribution in [0.15, 0.2) is 35.2 Å². The molecule has 0 fully saturated rings. The van der Waals surface area contributed by atoms with Crippen LogP contribution in [0.2, 0.25) is 0 Å². The van der Waals surface area contributed by atoms with Gasteiger partial charge in [-0.1, -0.05) is 70.6 Å². The summed E-state index contributed by atoms with van der Waals surface area (Å²) >= 11 is 0. The molecule has 2 aromatic carbocycles. The molecule has 3 nitrogen and oxygen atoms in total. The van der Waals surface area contributed by atoms with Gasteiger partial charge in [0.1, 0.15) is 10.1 Å². The molecule has 2 aromatic rings. The summed E-state index contributed by atoms with van der Waals surface area (Å²) in [5.41, 5.74) is 2.25. The maximum absolute atomic E-state index is 11.7. The zero-order valence-corrected chi connectivity index (χ0v) is 21.0. The Labute approximate surface area is 207 Å². The summed E-state index contributed by atoms with van der Waals surface area (Å²) in [6.07, 6.45) is 11.2. The molecule has 0 bridgehead atoms. The van der Waals surface area contributed by atoms with Crippen LogP contribution in [0.1, 0.15) is 76.3 Å². The third-order valence-electron chi connectivity index (χ3n) is 5.02. The molecule has 0 radical (unpaired) electrons. The van der Waals surface area contributed by atoms with Crippen LogP contribution < -0.4 is 51.4 Å². The standard InChI is InChI=1S/C22H32O3S.K/c1-3-5-7-9-11-18-13-15-20-19(12-10-8-6-4-2)14-16-22(21(20)17-18)26(23,24)25;/h13-17H,3-12H2,1-2H3,(H,23,24,25);/q;+1/p-1. The van der Waals surface area contributed by atoms with Gasteiger partial charge in [-0.2, -0.15) is 0 Å². The number of unbranched alkanes of at least 4 members (excludes halogenated alkanes) is 6. The molecule has 0 aliphatic rings. The van der Waals surface area contributed by atoms with Gasteiger partial charge in [0.25, 0.3) is 0 Å². The number of hydrogen-bond donors (Lipinski definition) is 0. The fraction of sp³-hybridized carbons (Fsp3) is 0.545. The van der Waals surface area contributed by atoms with Crippen molar-refractivity contribution in [3.8, 4) is 0 Å². The molecule has 0 saturated carbocycles. The van der Waals surface area contributed by atoms with Gasteiger partial charge in [-0.05, 0) is 59.7 Å². The Morgan fingerprint density at radius 3 is 2.00 bits per heavy atom. The molecule has 2 rings (SSSR count). The van der Waals surface area contributed by atoms with E-state index in [0.29, 0.717) is 5.39 Å². The minimum absolute atomic E-state index is 0. The van der Waals surface area contributed by atoms with E-state index < -0.39 is 10.1 Å². The van der Waals surface area contributed by atoms with Crippen LogP contribution in [0.5, 0.6) is 0 Å². The Hall–Kier alpha value is 0.246. The van der Waals surface area contributed by atoms with E-state index in [2.05, 4.69) is 19.9 Å². The largest absolute Gasteiger partial charge is 1.00 e. The molecule has 144 valence electrons. The SMILES string of the molecule is CCCCCCc1ccc2c(CCCCCC)ccc(S(=O)(=O)[O-])c2c1.[K+]. The Bertz CT molecular complexity index is 816. The molecular formula is C22H31KO3S. The quantitative estimate of drug-likeness (QED) is 0.323. The molecule has 0 heterocycles. The molecule has 0 N–H and O–H groups in total. The van der Waals surface area contributed by atoms with Gasteiger partial charge in [-0.15, -0.1) is 0 Å². The third kappa shape index (κ3) is 7.88. The van der Waals surface area contributed by atoms with E-state index in [4.69, 9.17) is 0 Å². The number of rotatable bonds is 11. The van der Waals surface area contributed by atoms with E-state index in [-0.39, 0.29) is 56.3 Å². The molecule has 0 saturated heterocycles. The molecule has 27 heavy (non-hydrogen) atoms. The van der Waals surface area contributed by atoms with Crippen molar-refractivity contribution >= 4 is 20.9 Å². The van der Waals surface area contributed by atoms with Crippen LogP contribution >= 0.6 is 0 Å². The van der Waals surface area contributed by atoms with Crippen molar-refractivity contribution in [2.24, 2.45) is 0 Å². The van der Waals surface area contributed by atoms with Crippen molar-refractivity contribution in [2.45, 2.75) is 83.0 Å². The Balaban J connectivity index is 0.00000364. The van der Waals surface area contributed by atoms with Crippen LogP contribution in [0.4, 0.5) is 0 Å². The summed E-state index contributed by atoms with van der Waals surface area (Å²) in [5, 5.41) is 1.51. The zero-order valence-electron chi connectivity index (χ0n) is 17.1. The molecule has 5 heteroatoms. The van der Waals surface area contributed by atoms with Crippen LogP contribution in [0, 0.1) is 0 Å². The topological polar surface area (TPSA) is 57.2 Å². The average molecular weight is 415 g/mol. The molecule has 0 amide bonds. The Morgan fingerprint density at radius 1 is 0.778 bits per heavy atom. The third-order valence-corrected chi connectivity index (χ3v) is 5.91. The van der Waals surface area contributed by atoms with Crippen LogP contribution in [-0.2, 0) is 23.0 Å². The molecule has 0 aromatic heterocycles. The summed E-state index contributed by atoms with van der Waals surface area (Å²) < 4.78 is 35.1. The van der Waals surface area contributed by atoms with Crippen molar-refractivity contribution in [3.63, 3.8) is 0 Å². The van der Waals surface area contributed by atoms with E-state index in [9.17, 15) is 13.0 Å². The van der Waals surface area contributed by atoms with Gasteiger partial charge in [0.05, 0.1) is 4.90 Å². The van der Waals surface area contributed by atoms with Gasteiger partial charge in [0.2, 0.25) is 0 Å². The first-order valence-corrected chi connectivity index (χ1v) is 11.4. The van der Waals surface area contributed by atoms with Gasteiger partial charge >= 0.3 is 51.4 Å². The molecule has 0 spiro atoms. The van der Waals surface area contributed by atoms with Gasteiger partial charge in [0.15, 0.2) is 0 Å². The monoisotopic (exact) mass is 414 g/mol. The van der Waals surface area contributed by atoms with E-state index >= 15 is 0 Å². The van der Waals surface area contributed by atoms with E-state index in [0.717, 1.165) is 42.2 Å². The molecule has 0 aliphatic heterocycles. The maximum atomic E-state index is 11.7. The summed E-state index contributed by atoms with van der Waals surface area (Å²) in [6, 6.07) is 9.33.